The van der Waals surface area contributed by atoms with Crippen LogP contribution in [0.15, 0.2) is 84.1 Å². The Labute approximate surface area is 250 Å². The lowest BCUT2D eigenvalue weighted by molar-refractivity contribution is -0.646. The van der Waals surface area contributed by atoms with Gasteiger partial charge in [0.1, 0.15) is 11.3 Å². The number of halogens is 3. The minimum Gasteiger partial charge on any atom is -0.618 e. The molecule has 0 atom stereocenters. The number of hydrogen-bond acceptors (Lipinski definition) is 7. The second-order valence-electron chi connectivity index (χ2n) is 10.0. The van der Waals surface area contributed by atoms with Crippen LogP contribution in [0.2, 0.25) is 0 Å². The fourth-order valence-corrected chi connectivity index (χ4v) is 5.70. The van der Waals surface area contributed by atoms with Crippen LogP contribution in [0.3, 0.4) is 0 Å². The summed E-state index contributed by atoms with van der Waals surface area (Å²) in [4.78, 5) is 30.5. The molecule has 2 aromatic carbocycles. The van der Waals surface area contributed by atoms with Crippen LogP contribution in [0.25, 0.3) is 0 Å². The summed E-state index contributed by atoms with van der Waals surface area (Å²) in [6.45, 7) is 5.20. The quantitative estimate of drug-likeness (QED) is 0.187. The van der Waals surface area contributed by atoms with E-state index in [1.165, 1.54) is 29.2 Å². The normalized spacial score (nSPS) is 11.8. The molecule has 4 rings (SSSR count). The molecule has 1 amide bonds. The number of carbonyl (C=O) groups excluding carboxylic acids is 1. The summed E-state index contributed by atoms with van der Waals surface area (Å²) in [7, 11) is -4.34. The summed E-state index contributed by atoms with van der Waals surface area (Å²) in [5.74, 6) is -4.19. The second kappa shape index (κ2) is 12.3. The molecule has 0 saturated carbocycles. The van der Waals surface area contributed by atoms with Crippen LogP contribution < -0.4 is 14.4 Å². The molecule has 14 heteroatoms. The highest BCUT2D eigenvalue weighted by molar-refractivity contribution is 7.90. The monoisotopic (exact) mass is 629 g/mol. The van der Waals surface area contributed by atoms with Crippen molar-refractivity contribution < 1.29 is 45.8 Å². The first kappa shape index (κ1) is 31.9. The first-order valence-corrected chi connectivity index (χ1v) is 14.7. The molecular weight excluding hydrogens is 603 g/mol. The zero-order chi connectivity index (χ0) is 32.4. The minimum absolute atomic E-state index is 0.00786. The minimum atomic E-state index is -5.04. The molecule has 0 radical (unpaired) electrons. The average molecular weight is 630 g/mol. The van der Waals surface area contributed by atoms with Gasteiger partial charge in [0.2, 0.25) is 15.7 Å². The van der Waals surface area contributed by atoms with Gasteiger partial charge in [-0.25, -0.2) is 18.2 Å². The number of benzene rings is 2. The number of aromatic nitrogens is 2. The number of amides is 1. The van der Waals surface area contributed by atoms with E-state index < -0.39 is 61.7 Å². The Hall–Kier alpha value is -4.98. The maximum atomic E-state index is 14.0. The summed E-state index contributed by atoms with van der Waals surface area (Å²) in [6, 6.07) is 13.7. The van der Waals surface area contributed by atoms with Crippen molar-refractivity contribution >= 4 is 27.4 Å². The zero-order valence-electron chi connectivity index (χ0n) is 23.6. The molecule has 1 N–H and O–H groups in total. The lowest BCUT2D eigenvalue weighted by Gasteiger charge is -2.28. The summed E-state index contributed by atoms with van der Waals surface area (Å²) < 4.78 is 73.0. The van der Waals surface area contributed by atoms with E-state index in [9.17, 15) is 41.5 Å². The predicted octanol–water partition coefficient (Wildman–Crippen LogP) is 5.56. The summed E-state index contributed by atoms with van der Waals surface area (Å²) in [6.07, 6.45) is -3.25. The molecule has 2 aromatic heterocycles. The van der Waals surface area contributed by atoms with E-state index in [1.807, 2.05) is 6.92 Å². The number of pyridine rings is 2. The van der Waals surface area contributed by atoms with Gasteiger partial charge in [-0.05, 0) is 68.8 Å². The molecule has 2 heterocycles. The zero-order valence-corrected chi connectivity index (χ0v) is 24.4. The molecule has 0 aliphatic heterocycles. The molecule has 0 fully saturated rings. The third kappa shape index (κ3) is 6.97. The first-order chi connectivity index (χ1) is 20.6. The fraction of sp³-hybridized carbons (Fsp3) is 0.200. The number of ether oxygens (including phenoxy) is 1. The number of nitrogens with zero attached hydrogens (tertiary/aromatic N) is 3. The number of rotatable bonds is 9. The predicted molar refractivity (Wildman–Crippen MR) is 152 cm³/mol. The van der Waals surface area contributed by atoms with Crippen molar-refractivity contribution in [3.63, 3.8) is 0 Å². The van der Waals surface area contributed by atoms with Crippen LogP contribution in [-0.2, 0) is 21.8 Å². The van der Waals surface area contributed by atoms with Gasteiger partial charge >= 0.3 is 17.2 Å². The van der Waals surface area contributed by atoms with Crippen LogP contribution in [0, 0.1) is 12.1 Å². The number of carbonyl (C=O) groups is 2. The van der Waals surface area contributed by atoms with Crippen molar-refractivity contribution in [2.75, 3.05) is 4.90 Å². The van der Waals surface area contributed by atoms with Crippen LogP contribution in [0.1, 0.15) is 51.3 Å². The maximum absolute atomic E-state index is 14.0. The van der Waals surface area contributed by atoms with E-state index >= 15 is 0 Å². The van der Waals surface area contributed by atoms with Crippen LogP contribution in [-0.4, -0.2) is 36.4 Å². The summed E-state index contributed by atoms with van der Waals surface area (Å²) in [5.41, 5.74) is -0.990. The van der Waals surface area contributed by atoms with E-state index in [0.717, 1.165) is 30.1 Å². The van der Waals surface area contributed by atoms with Gasteiger partial charge in [-0.1, -0.05) is 17.7 Å². The summed E-state index contributed by atoms with van der Waals surface area (Å²) in [5, 5.41) is 21.2. The Balaban J connectivity index is 1.70. The lowest BCUT2D eigenvalue weighted by atomic mass is 10.1. The van der Waals surface area contributed by atoms with Gasteiger partial charge in [-0.15, -0.1) is 0 Å². The first-order valence-electron chi connectivity index (χ1n) is 13.0. The van der Waals surface area contributed by atoms with Crippen LogP contribution >= 0.6 is 0 Å². The van der Waals surface area contributed by atoms with E-state index in [0.29, 0.717) is 11.6 Å². The molecule has 0 aliphatic carbocycles. The maximum Gasteiger partial charge on any atom is 0.421 e. The molecule has 0 saturated heterocycles. The topological polar surface area (TPSA) is 141 Å². The van der Waals surface area contributed by atoms with Crippen LogP contribution in [0.5, 0.6) is 11.6 Å². The highest BCUT2D eigenvalue weighted by Gasteiger charge is 2.37. The largest absolute Gasteiger partial charge is 0.618 e. The van der Waals surface area contributed by atoms with Gasteiger partial charge in [0.25, 0.3) is 5.91 Å². The highest BCUT2D eigenvalue weighted by Crippen LogP contribution is 2.39. The van der Waals surface area contributed by atoms with E-state index in [2.05, 4.69) is 4.98 Å². The third-order valence-electron chi connectivity index (χ3n) is 6.38. The third-order valence-corrected chi connectivity index (χ3v) is 8.05. The van der Waals surface area contributed by atoms with E-state index in [4.69, 9.17) is 4.74 Å². The molecule has 230 valence electrons. The number of hydrogen-bond donors (Lipinski definition) is 1. The van der Waals surface area contributed by atoms with Crippen molar-refractivity contribution in [2.45, 2.75) is 43.8 Å². The lowest BCUT2D eigenvalue weighted by Crippen LogP contribution is -2.38. The molecule has 0 aliphatic rings. The van der Waals surface area contributed by atoms with E-state index in [1.54, 1.807) is 38.1 Å². The van der Waals surface area contributed by atoms with Crippen molar-refractivity contribution in [2.24, 2.45) is 0 Å². The Morgan fingerprint density at radius 1 is 1.07 bits per heavy atom. The van der Waals surface area contributed by atoms with Crippen molar-refractivity contribution in [1.82, 2.24) is 4.98 Å². The molecule has 0 spiro atoms. The molecule has 0 unspecified atom stereocenters. The second-order valence-corrected chi connectivity index (χ2v) is 12.0. The molecular formula is C30H26F3N3O7S. The standard InChI is InChI=1S/C30H26F3N3O7S/c1-18(2)36(28(37)21-9-7-19(3)8-10-21)25-12-11-22(15-23(25)29(38)39)43-27-24(30(31,32)33)14-20(16-34-27)17-44(41,42)26-6-4-5-13-35(26)40/h4-16,18H,17H2,1-3H3,(H,38,39). The summed E-state index contributed by atoms with van der Waals surface area (Å²) >= 11 is 0. The Bertz CT molecular complexity index is 1830. The molecule has 10 nitrogen and oxygen atoms in total. The Kier molecular flexibility index (Phi) is 8.95. The number of alkyl halides is 3. The Morgan fingerprint density at radius 3 is 2.34 bits per heavy atom. The average Bonchev–Trinajstić information content (AvgIpc) is 2.94. The number of carboxylic acids is 1. The molecule has 44 heavy (non-hydrogen) atoms. The Morgan fingerprint density at radius 2 is 1.75 bits per heavy atom. The van der Waals surface area contributed by atoms with Crippen molar-refractivity contribution in [3.05, 3.63) is 112 Å². The smallest absolute Gasteiger partial charge is 0.421 e. The van der Waals surface area contributed by atoms with E-state index in [-0.39, 0.29) is 21.7 Å². The van der Waals surface area contributed by atoms with Crippen molar-refractivity contribution in [1.29, 1.82) is 0 Å². The molecule has 0 bridgehead atoms. The SMILES string of the molecule is Cc1ccc(C(=O)N(c2ccc(Oc3ncc(CS(=O)(=O)c4cccc[n+]4[O-])cc3C(F)(F)F)cc2C(=O)O)C(C)C)cc1. The van der Waals surface area contributed by atoms with Gasteiger partial charge in [0, 0.05) is 29.9 Å². The number of carboxylic acid groups (broad SMARTS) is 1. The van der Waals surface area contributed by atoms with Gasteiger partial charge in [0.15, 0.2) is 6.20 Å². The number of aromatic carboxylic acids is 1. The number of aryl methyl sites for hydroxylation is 1. The number of sulfone groups is 1. The van der Waals surface area contributed by atoms with Gasteiger partial charge in [-0.3, -0.25) is 4.79 Å². The van der Waals surface area contributed by atoms with Gasteiger partial charge in [-0.2, -0.15) is 17.9 Å². The van der Waals surface area contributed by atoms with Crippen molar-refractivity contribution in [3.8, 4) is 11.6 Å². The number of anilines is 1. The van der Waals surface area contributed by atoms with Gasteiger partial charge < -0.3 is 20.0 Å². The molecule has 4 aromatic rings. The van der Waals surface area contributed by atoms with Gasteiger partial charge in [0.05, 0.1) is 17.0 Å². The van der Waals surface area contributed by atoms with Crippen LogP contribution in [0.4, 0.5) is 18.9 Å². The highest BCUT2D eigenvalue weighted by atomic mass is 32.2. The fourth-order valence-electron chi connectivity index (χ4n) is 4.33.